The van der Waals surface area contributed by atoms with E-state index in [9.17, 15) is 26.8 Å². The average Bonchev–Trinajstić information content (AvgIpc) is 2.93. The van der Waals surface area contributed by atoms with Crippen LogP contribution in [0.1, 0.15) is 44.7 Å². The number of amides is 2. The van der Waals surface area contributed by atoms with Gasteiger partial charge in [-0.25, -0.2) is 17.2 Å². The normalized spacial score (nSPS) is 12.8. The molecule has 214 valence electrons. The van der Waals surface area contributed by atoms with Crippen LogP contribution >= 0.6 is 0 Å². The number of carbonyl (C=O) groups excluding carboxylic acids is 2. The molecule has 3 rings (SSSR count). The van der Waals surface area contributed by atoms with Gasteiger partial charge < -0.3 is 10.2 Å². The van der Waals surface area contributed by atoms with E-state index in [1.807, 2.05) is 13.8 Å². The monoisotopic (exact) mass is 571 g/mol. The van der Waals surface area contributed by atoms with Crippen molar-refractivity contribution in [1.29, 1.82) is 0 Å². The molecule has 2 amide bonds. The third-order valence-corrected chi connectivity index (χ3v) is 8.44. The molecule has 7 nitrogen and oxygen atoms in total. The zero-order chi connectivity index (χ0) is 29.4. The Balaban J connectivity index is 2.06. The molecule has 0 bridgehead atoms. The van der Waals surface area contributed by atoms with Crippen molar-refractivity contribution in [3.63, 3.8) is 0 Å². The average molecular weight is 572 g/mol. The molecule has 0 heterocycles. The maximum Gasteiger partial charge on any atom is 0.264 e. The number of aryl methyl sites for hydroxylation is 1. The molecule has 0 radical (unpaired) electrons. The second kappa shape index (κ2) is 13.5. The highest BCUT2D eigenvalue weighted by Crippen LogP contribution is 2.27. The summed E-state index contributed by atoms with van der Waals surface area (Å²) in [7, 11) is -4.38. The Morgan fingerprint density at radius 3 is 2.10 bits per heavy atom. The highest BCUT2D eigenvalue weighted by Gasteiger charge is 2.34. The maximum atomic E-state index is 15.0. The molecule has 0 aromatic heterocycles. The first-order valence-electron chi connectivity index (χ1n) is 13.2. The molecule has 2 unspecified atom stereocenters. The van der Waals surface area contributed by atoms with E-state index < -0.39 is 46.1 Å². The van der Waals surface area contributed by atoms with Gasteiger partial charge in [0.05, 0.1) is 10.6 Å². The van der Waals surface area contributed by atoms with Crippen molar-refractivity contribution in [2.45, 2.75) is 64.1 Å². The summed E-state index contributed by atoms with van der Waals surface area (Å²) in [5, 5.41) is 2.88. The third-order valence-electron chi connectivity index (χ3n) is 6.66. The van der Waals surface area contributed by atoms with Gasteiger partial charge in [0.15, 0.2) is 0 Å². The van der Waals surface area contributed by atoms with Crippen LogP contribution in [0.3, 0.4) is 0 Å². The van der Waals surface area contributed by atoms with Crippen LogP contribution in [0.15, 0.2) is 77.7 Å². The van der Waals surface area contributed by atoms with Gasteiger partial charge in [0, 0.05) is 12.6 Å². The van der Waals surface area contributed by atoms with Gasteiger partial charge in [-0.05, 0) is 68.7 Å². The van der Waals surface area contributed by atoms with E-state index in [2.05, 4.69) is 5.32 Å². The van der Waals surface area contributed by atoms with Gasteiger partial charge >= 0.3 is 0 Å². The lowest BCUT2D eigenvalue weighted by Crippen LogP contribution is -2.53. The number of hydrogen-bond acceptors (Lipinski definition) is 4. The topological polar surface area (TPSA) is 86.8 Å². The van der Waals surface area contributed by atoms with Crippen molar-refractivity contribution in [1.82, 2.24) is 10.2 Å². The van der Waals surface area contributed by atoms with Crippen molar-refractivity contribution < 1.29 is 26.8 Å². The number of nitrogens with zero attached hydrogens (tertiary/aromatic N) is 2. The molecule has 0 saturated heterocycles. The van der Waals surface area contributed by atoms with E-state index in [1.165, 1.54) is 59.5 Å². The zero-order valence-corrected chi connectivity index (χ0v) is 23.9. The highest BCUT2D eigenvalue weighted by atomic mass is 32.2. The van der Waals surface area contributed by atoms with Crippen LogP contribution in [0.25, 0.3) is 0 Å². The molecule has 40 heavy (non-hydrogen) atoms. The van der Waals surface area contributed by atoms with Crippen molar-refractivity contribution >= 4 is 27.5 Å². The van der Waals surface area contributed by atoms with Crippen LogP contribution in [0.2, 0.25) is 0 Å². The first-order chi connectivity index (χ1) is 19.0. The molecular formula is C30H35F2N3O4S. The number of nitrogens with one attached hydrogen (secondary N) is 1. The summed E-state index contributed by atoms with van der Waals surface area (Å²) in [5.74, 6) is -2.39. The van der Waals surface area contributed by atoms with Crippen molar-refractivity contribution in [2.75, 3.05) is 10.8 Å². The number of carbonyl (C=O) groups is 2. The van der Waals surface area contributed by atoms with E-state index in [1.54, 1.807) is 26.0 Å². The summed E-state index contributed by atoms with van der Waals surface area (Å²) >= 11 is 0. The Hall–Kier alpha value is -3.79. The van der Waals surface area contributed by atoms with E-state index in [0.717, 1.165) is 15.9 Å². The largest absolute Gasteiger partial charge is 0.352 e. The van der Waals surface area contributed by atoms with Crippen LogP contribution < -0.4 is 9.62 Å². The summed E-state index contributed by atoms with van der Waals surface area (Å²) in [6, 6.07) is 15.7. The molecular weight excluding hydrogens is 536 g/mol. The summed E-state index contributed by atoms with van der Waals surface area (Å²) in [5.41, 5.74) is 1.08. The SMILES string of the molecule is CCC(C)NC(=O)C(CC)N(Cc1ccc(F)cc1)C(=O)CN(c1ccccc1F)S(=O)(=O)c1ccc(C)cc1. The minimum atomic E-state index is -4.38. The van der Waals surface area contributed by atoms with Gasteiger partial charge in [-0.2, -0.15) is 0 Å². The van der Waals surface area contributed by atoms with Gasteiger partial charge in [0.1, 0.15) is 24.2 Å². The Morgan fingerprint density at radius 1 is 0.900 bits per heavy atom. The summed E-state index contributed by atoms with van der Waals surface area (Å²) in [6.45, 7) is 6.45. The van der Waals surface area contributed by atoms with E-state index in [-0.39, 0.29) is 29.6 Å². The third kappa shape index (κ3) is 7.44. The molecule has 0 spiro atoms. The van der Waals surface area contributed by atoms with Gasteiger partial charge in [0.2, 0.25) is 11.8 Å². The minimum absolute atomic E-state index is 0.0821. The maximum absolute atomic E-state index is 15.0. The number of sulfonamides is 1. The van der Waals surface area contributed by atoms with Crippen LogP contribution in [0.5, 0.6) is 0 Å². The Labute approximate surface area is 234 Å². The fourth-order valence-corrected chi connectivity index (χ4v) is 5.57. The number of halogens is 2. The van der Waals surface area contributed by atoms with Crippen LogP contribution in [-0.4, -0.2) is 43.8 Å². The second-order valence-corrected chi connectivity index (χ2v) is 11.5. The molecule has 0 aliphatic rings. The van der Waals surface area contributed by atoms with Gasteiger partial charge in [0.25, 0.3) is 10.0 Å². The summed E-state index contributed by atoms with van der Waals surface area (Å²) < 4.78 is 56.8. The van der Waals surface area contributed by atoms with Crippen molar-refractivity contribution in [2.24, 2.45) is 0 Å². The summed E-state index contributed by atoms with van der Waals surface area (Å²) in [6.07, 6.45) is 0.906. The molecule has 0 aliphatic carbocycles. The Kier molecular flexibility index (Phi) is 10.4. The molecule has 3 aromatic rings. The smallest absolute Gasteiger partial charge is 0.264 e. The quantitative estimate of drug-likeness (QED) is 0.324. The molecule has 0 saturated carbocycles. The van der Waals surface area contributed by atoms with Gasteiger partial charge in [-0.1, -0.05) is 55.8 Å². The molecule has 1 N–H and O–H groups in total. The molecule has 3 aromatic carbocycles. The first kappa shape index (κ1) is 30.7. The van der Waals surface area contributed by atoms with Gasteiger partial charge in [-0.15, -0.1) is 0 Å². The van der Waals surface area contributed by atoms with E-state index in [0.29, 0.717) is 12.0 Å². The number of anilines is 1. The zero-order valence-electron chi connectivity index (χ0n) is 23.1. The molecule has 0 aliphatic heterocycles. The van der Waals surface area contributed by atoms with E-state index >= 15 is 0 Å². The molecule has 2 atom stereocenters. The lowest BCUT2D eigenvalue weighted by atomic mass is 10.1. The standard InChI is InChI=1S/C30H35F2N3O4S/c1-5-22(4)33-30(37)27(6-2)34(19-23-13-15-24(31)16-14-23)29(36)20-35(28-10-8-7-9-26(28)32)40(38,39)25-17-11-21(3)12-18-25/h7-18,22,27H,5-6,19-20H2,1-4H3,(H,33,37). The number of para-hydroxylation sites is 1. The van der Waals surface area contributed by atoms with Gasteiger partial charge in [-0.3, -0.25) is 13.9 Å². The lowest BCUT2D eigenvalue weighted by Gasteiger charge is -2.33. The molecule has 10 heteroatoms. The second-order valence-electron chi connectivity index (χ2n) is 9.67. The number of benzene rings is 3. The van der Waals surface area contributed by atoms with Crippen molar-refractivity contribution in [3.8, 4) is 0 Å². The predicted molar refractivity (Wildman–Crippen MR) is 151 cm³/mol. The predicted octanol–water partition coefficient (Wildman–Crippen LogP) is 5.19. The Morgan fingerprint density at radius 2 is 1.52 bits per heavy atom. The first-order valence-corrected chi connectivity index (χ1v) is 14.6. The van der Waals surface area contributed by atoms with Crippen LogP contribution in [-0.2, 0) is 26.2 Å². The Bertz CT molecular complexity index is 1410. The van der Waals surface area contributed by atoms with Crippen LogP contribution in [0.4, 0.5) is 14.5 Å². The minimum Gasteiger partial charge on any atom is -0.352 e. The summed E-state index contributed by atoms with van der Waals surface area (Å²) in [4.78, 5) is 28.3. The lowest BCUT2D eigenvalue weighted by molar-refractivity contribution is -0.140. The van der Waals surface area contributed by atoms with Crippen molar-refractivity contribution in [3.05, 3.63) is 95.6 Å². The highest BCUT2D eigenvalue weighted by molar-refractivity contribution is 7.92. The fraction of sp³-hybridized carbons (Fsp3) is 0.333. The van der Waals surface area contributed by atoms with E-state index in [4.69, 9.17) is 0 Å². The fourth-order valence-electron chi connectivity index (χ4n) is 4.15. The van der Waals surface area contributed by atoms with Crippen LogP contribution in [0, 0.1) is 18.6 Å². The number of hydrogen-bond donors (Lipinski definition) is 1. The molecule has 0 fully saturated rings. The number of rotatable bonds is 12.